The van der Waals surface area contributed by atoms with E-state index in [-0.39, 0.29) is 0 Å². The van der Waals surface area contributed by atoms with Crippen LogP contribution in [0, 0.1) is 11.6 Å². The number of nitrogens with zero attached hydrogens (tertiary/aromatic N) is 1. The number of aryl methyl sites for hydroxylation is 1. The zero-order chi connectivity index (χ0) is 13.8. The first-order valence-electron chi connectivity index (χ1n) is 6.01. The highest BCUT2D eigenvalue weighted by molar-refractivity contribution is 5.36. The van der Waals surface area contributed by atoms with Crippen LogP contribution < -0.4 is 11.3 Å². The number of nitrogens with two attached hydrogens (primary N) is 1. The van der Waals surface area contributed by atoms with Gasteiger partial charge in [0, 0.05) is 24.0 Å². The summed E-state index contributed by atoms with van der Waals surface area (Å²) in [6.45, 7) is 1.98. The highest BCUT2D eigenvalue weighted by Crippen LogP contribution is 2.26. The van der Waals surface area contributed by atoms with Crippen LogP contribution in [0.3, 0.4) is 0 Å². The minimum absolute atomic E-state index is 0.310. The smallest absolute Gasteiger partial charge is 0.131 e. The molecule has 0 fully saturated rings. The van der Waals surface area contributed by atoms with Crippen molar-refractivity contribution in [3.8, 4) is 0 Å². The van der Waals surface area contributed by atoms with Crippen LogP contribution in [0.15, 0.2) is 36.7 Å². The van der Waals surface area contributed by atoms with Gasteiger partial charge in [0.15, 0.2) is 0 Å². The Morgan fingerprint density at radius 2 is 2.05 bits per heavy atom. The molecule has 2 rings (SSSR count). The van der Waals surface area contributed by atoms with Gasteiger partial charge in [-0.05, 0) is 29.7 Å². The average Bonchev–Trinajstić information content (AvgIpc) is 2.42. The van der Waals surface area contributed by atoms with Crippen molar-refractivity contribution in [2.45, 2.75) is 19.4 Å². The van der Waals surface area contributed by atoms with Gasteiger partial charge in [0.25, 0.3) is 0 Å². The molecule has 2 aromatic rings. The third-order valence-electron chi connectivity index (χ3n) is 3.07. The SMILES string of the molecule is CCc1cnccc1C(NN)c1ccc(F)cc1F. The zero-order valence-corrected chi connectivity index (χ0v) is 10.5. The van der Waals surface area contributed by atoms with Crippen LogP contribution in [-0.4, -0.2) is 4.98 Å². The second-order valence-corrected chi connectivity index (χ2v) is 4.19. The number of hydrogen-bond donors (Lipinski definition) is 2. The molecule has 0 spiro atoms. The molecule has 1 aromatic carbocycles. The minimum atomic E-state index is -0.623. The van der Waals surface area contributed by atoms with Gasteiger partial charge >= 0.3 is 0 Å². The van der Waals surface area contributed by atoms with Crippen molar-refractivity contribution in [1.29, 1.82) is 0 Å². The van der Waals surface area contributed by atoms with Gasteiger partial charge < -0.3 is 0 Å². The standard InChI is InChI=1S/C14H15F2N3/c1-2-9-8-18-6-5-11(9)14(19-17)12-4-3-10(15)7-13(12)16/h3-8,14,19H,2,17H2,1H3. The Morgan fingerprint density at radius 1 is 1.26 bits per heavy atom. The van der Waals surface area contributed by atoms with E-state index in [0.29, 0.717) is 5.56 Å². The molecule has 0 amide bonds. The summed E-state index contributed by atoms with van der Waals surface area (Å²) in [7, 11) is 0. The van der Waals surface area contributed by atoms with Crippen molar-refractivity contribution in [3.63, 3.8) is 0 Å². The van der Waals surface area contributed by atoms with E-state index in [4.69, 9.17) is 5.84 Å². The van der Waals surface area contributed by atoms with E-state index in [2.05, 4.69) is 10.4 Å². The summed E-state index contributed by atoms with van der Waals surface area (Å²) in [6, 6.07) is 4.72. The summed E-state index contributed by atoms with van der Waals surface area (Å²) >= 11 is 0. The predicted octanol–water partition coefficient (Wildman–Crippen LogP) is 2.47. The molecular formula is C14H15F2N3. The van der Waals surface area contributed by atoms with Crippen LogP contribution in [0.1, 0.15) is 29.7 Å². The summed E-state index contributed by atoms with van der Waals surface area (Å²) in [4.78, 5) is 4.04. The van der Waals surface area contributed by atoms with Gasteiger partial charge in [-0.3, -0.25) is 10.8 Å². The highest BCUT2D eigenvalue weighted by atomic mass is 19.1. The summed E-state index contributed by atoms with van der Waals surface area (Å²) < 4.78 is 26.8. The Bertz CT molecular complexity index is 572. The van der Waals surface area contributed by atoms with Crippen LogP contribution in [0.25, 0.3) is 0 Å². The first-order valence-corrected chi connectivity index (χ1v) is 6.01. The predicted molar refractivity (Wildman–Crippen MR) is 69.1 cm³/mol. The second-order valence-electron chi connectivity index (χ2n) is 4.19. The van der Waals surface area contributed by atoms with Crippen LogP contribution in [0.5, 0.6) is 0 Å². The van der Waals surface area contributed by atoms with Crippen LogP contribution in [-0.2, 0) is 6.42 Å². The Kier molecular flexibility index (Phi) is 4.19. The van der Waals surface area contributed by atoms with Gasteiger partial charge in [-0.25, -0.2) is 14.2 Å². The molecule has 0 saturated heterocycles. The van der Waals surface area contributed by atoms with Crippen LogP contribution >= 0.6 is 0 Å². The van der Waals surface area contributed by atoms with Gasteiger partial charge in [-0.1, -0.05) is 13.0 Å². The molecule has 5 heteroatoms. The molecule has 1 aromatic heterocycles. The normalized spacial score (nSPS) is 12.4. The number of rotatable bonds is 4. The number of hydrogen-bond acceptors (Lipinski definition) is 3. The number of hydrazine groups is 1. The maximum Gasteiger partial charge on any atom is 0.131 e. The number of halogens is 2. The number of nitrogens with one attached hydrogen (secondary N) is 1. The fraction of sp³-hybridized carbons (Fsp3) is 0.214. The van der Waals surface area contributed by atoms with E-state index >= 15 is 0 Å². The molecule has 100 valence electrons. The van der Waals surface area contributed by atoms with Crippen molar-refractivity contribution in [1.82, 2.24) is 10.4 Å². The van der Waals surface area contributed by atoms with E-state index < -0.39 is 17.7 Å². The lowest BCUT2D eigenvalue weighted by Crippen LogP contribution is -2.30. The van der Waals surface area contributed by atoms with Crippen molar-refractivity contribution >= 4 is 0 Å². The summed E-state index contributed by atoms with van der Waals surface area (Å²) in [6.07, 6.45) is 4.10. The lowest BCUT2D eigenvalue weighted by atomic mass is 9.95. The van der Waals surface area contributed by atoms with Gasteiger partial charge in [0.2, 0.25) is 0 Å². The first-order chi connectivity index (χ1) is 9.17. The number of aromatic nitrogens is 1. The Morgan fingerprint density at radius 3 is 2.68 bits per heavy atom. The molecular weight excluding hydrogens is 248 g/mol. The molecule has 1 unspecified atom stereocenters. The van der Waals surface area contributed by atoms with Gasteiger partial charge in [0.05, 0.1) is 6.04 Å². The van der Waals surface area contributed by atoms with E-state index in [0.717, 1.165) is 23.6 Å². The fourth-order valence-electron chi connectivity index (χ4n) is 2.10. The second kappa shape index (κ2) is 5.86. The third kappa shape index (κ3) is 2.77. The molecule has 0 aliphatic heterocycles. The average molecular weight is 263 g/mol. The molecule has 1 atom stereocenters. The fourth-order valence-corrected chi connectivity index (χ4v) is 2.10. The molecule has 3 nitrogen and oxygen atoms in total. The van der Waals surface area contributed by atoms with E-state index in [1.807, 2.05) is 6.92 Å². The molecule has 0 saturated carbocycles. The minimum Gasteiger partial charge on any atom is -0.271 e. The zero-order valence-electron chi connectivity index (χ0n) is 10.5. The van der Waals surface area contributed by atoms with E-state index in [9.17, 15) is 8.78 Å². The lowest BCUT2D eigenvalue weighted by Gasteiger charge is -2.20. The monoisotopic (exact) mass is 263 g/mol. The van der Waals surface area contributed by atoms with Crippen molar-refractivity contribution in [3.05, 3.63) is 65.0 Å². The topological polar surface area (TPSA) is 50.9 Å². The quantitative estimate of drug-likeness (QED) is 0.658. The Balaban J connectivity index is 2.50. The van der Waals surface area contributed by atoms with Gasteiger partial charge in [-0.15, -0.1) is 0 Å². The molecule has 1 heterocycles. The molecule has 3 N–H and O–H groups in total. The molecule has 19 heavy (non-hydrogen) atoms. The maximum atomic E-state index is 13.9. The molecule has 0 bridgehead atoms. The van der Waals surface area contributed by atoms with Crippen molar-refractivity contribution in [2.24, 2.45) is 5.84 Å². The molecule has 0 aliphatic rings. The summed E-state index contributed by atoms with van der Waals surface area (Å²) in [5.74, 6) is 4.30. The van der Waals surface area contributed by atoms with Gasteiger partial charge in [0.1, 0.15) is 11.6 Å². The summed E-state index contributed by atoms with van der Waals surface area (Å²) in [5, 5.41) is 0. The highest BCUT2D eigenvalue weighted by Gasteiger charge is 2.19. The molecule has 0 aliphatic carbocycles. The van der Waals surface area contributed by atoms with Crippen LogP contribution in [0.4, 0.5) is 8.78 Å². The maximum absolute atomic E-state index is 13.9. The van der Waals surface area contributed by atoms with Gasteiger partial charge in [-0.2, -0.15) is 0 Å². The summed E-state index contributed by atoms with van der Waals surface area (Å²) in [5.41, 5.74) is 4.69. The van der Waals surface area contributed by atoms with Crippen molar-refractivity contribution < 1.29 is 8.78 Å². The Hall–Kier alpha value is -1.85. The van der Waals surface area contributed by atoms with E-state index in [1.54, 1.807) is 18.5 Å². The first kappa shape index (κ1) is 13.6. The lowest BCUT2D eigenvalue weighted by molar-refractivity contribution is 0.540. The third-order valence-corrected chi connectivity index (χ3v) is 3.07. The van der Waals surface area contributed by atoms with E-state index in [1.165, 1.54) is 12.1 Å². The number of benzene rings is 1. The number of pyridine rings is 1. The Labute approximate surface area is 110 Å². The largest absolute Gasteiger partial charge is 0.271 e. The van der Waals surface area contributed by atoms with Crippen LogP contribution in [0.2, 0.25) is 0 Å². The van der Waals surface area contributed by atoms with Crippen molar-refractivity contribution in [2.75, 3.05) is 0 Å². The molecule has 0 radical (unpaired) electrons.